The van der Waals surface area contributed by atoms with Gasteiger partial charge in [-0.25, -0.2) is 4.79 Å². The molecule has 10 rings (SSSR count). The number of anilines is 1. The Bertz CT molecular complexity index is 3780. The number of hydrogen-bond donors (Lipinski definition) is 1. The molecule has 5 aromatic carbocycles. The summed E-state index contributed by atoms with van der Waals surface area (Å²) in [5.41, 5.74) is 9.01. The number of nitrogens with zero attached hydrogens (tertiary/aromatic N) is 3. The summed E-state index contributed by atoms with van der Waals surface area (Å²) in [5.74, 6) is -2.81. The van der Waals surface area contributed by atoms with Gasteiger partial charge < -0.3 is 34.2 Å². The monoisotopic (exact) mass is 1270 g/mol. The topological polar surface area (TPSA) is 248 Å². The Kier molecular flexibility index (Phi) is 18.9. The molecule has 5 aliphatic rings. The van der Waals surface area contributed by atoms with E-state index in [2.05, 4.69) is 21.6 Å². The SMILES string of the molecule is COc1cc2c(cc1OCc1cc(COc3cc4c(cc3C)C(=O)N3Cc5ccccc5C[C@H]3C(S(=O)(=O)OC)C4)cc(NC(=O)CCC(C)(C)SSCCC(C(=O)ON3C(=O)CC(C)C3=O)S(=O)(=O)OC)c1)CC[C@@H]1Cc3ccccc3CN1C2=O. The summed E-state index contributed by atoms with van der Waals surface area (Å²) < 4.78 is 81.3. The highest BCUT2D eigenvalue weighted by Crippen LogP contribution is 2.42. The zero-order valence-corrected chi connectivity index (χ0v) is 52.7. The third kappa shape index (κ3) is 13.9. The molecule has 0 aliphatic carbocycles. The molecule has 462 valence electrons. The highest BCUT2D eigenvalue weighted by atomic mass is 33.1. The average molecular weight is 1270 g/mol. The van der Waals surface area contributed by atoms with Gasteiger partial charge in [-0.3, -0.25) is 32.3 Å². The normalized spacial score (nSPS) is 19.6. The molecule has 5 aliphatic heterocycles. The molecule has 0 spiro atoms. The van der Waals surface area contributed by atoms with Gasteiger partial charge in [-0.15, -0.1) is 5.06 Å². The average Bonchev–Trinajstić information content (AvgIpc) is 2.05. The lowest BCUT2D eigenvalue weighted by molar-refractivity contribution is -0.197. The van der Waals surface area contributed by atoms with Crippen molar-refractivity contribution in [2.75, 3.05) is 32.4 Å². The van der Waals surface area contributed by atoms with Gasteiger partial charge >= 0.3 is 5.97 Å². The molecular formula is C63H70N4O16S4. The minimum atomic E-state index is -4.47. The number of methoxy groups -OCH3 is 1. The van der Waals surface area contributed by atoms with Crippen LogP contribution in [0.3, 0.4) is 0 Å². The van der Waals surface area contributed by atoms with Gasteiger partial charge in [-0.2, -0.15) is 16.8 Å². The molecule has 0 radical (unpaired) electrons. The number of hydroxylamine groups is 2. The van der Waals surface area contributed by atoms with Crippen LogP contribution in [0.15, 0.2) is 91.0 Å². The number of benzene rings is 5. The van der Waals surface area contributed by atoms with E-state index in [1.807, 2.05) is 74.2 Å². The summed E-state index contributed by atoms with van der Waals surface area (Å²) in [6.07, 6.45) is 2.56. The van der Waals surface area contributed by atoms with E-state index in [9.17, 15) is 45.6 Å². The van der Waals surface area contributed by atoms with Crippen LogP contribution in [0.4, 0.5) is 5.69 Å². The van der Waals surface area contributed by atoms with Crippen LogP contribution in [0.25, 0.3) is 0 Å². The van der Waals surface area contributed by atoms with Crippen molar-refractivity contribution in [3.05, 3.63) is 152 Å². The molecule has 20 nitrogen and oxygen atoms in total. The Morgan fingerprint density at radius 1 is 0.713 bits per heavy atom. The predicted molar refractivity (Wildman–Crippen MR) is 327 cm³/mol. The number of carbonyl (C=O) groups is 6. The van der Waals surface area contributed by atoms with Gasteiger partial charge in [-0.05, 0) is 158 Å². The highest BCUT2D eigenvalue weighted by Gasteiger charge is 2.46. The van der Waals surface area contributed by atoms with Gasteiger partial charge in [-0.1, -0.05) is 77.0 Å². The maximum atomic E-state index is 14.5. The molecule has 0 bridgehead atoms. The zero-order chi connectivity index (χ0) is 62.1. The van der Waals surface area contributed by atoms with Crippen molar-refractivity contribution in [1.82, 2.24) is 14.9 Å². The Morgan fingerprint density at radius 2 is 1.33 bits per heavy atom. The van der Waals surface area contributed by atoms with Gasteiger partial charge in [0, 0.05) is 65.2 Å². The summed E-state index contributed by atoms with van der Waals surface area (Å²) in [7, 11) is -2.38. The highest BCUT2D eigenvalue weighted by molar-refractivity contribution is 8.77. The Labute approximate surface area is 514 Å². The lowest BCUT2D eigenvalue weighted by atomic mass is 9.91. The molecule has 0 saturated carbocycles. The minimum absolute atomic E-state index is 0.00379. The van der Waals surface area contributed by atoms with Gasteiger partial charge in [0.05, 0.1) is 27.4 Å². The summed E-state index contributed by atoms with van der Waals surface area (Å²) >= 11 is 0. The number of carbonyl (C=O) groups excluding carboxylic acids is 6. The first-order chi connectivity index (χ1) is 41.5. The summed E-state index contributed by atoms with van der Waals surface area (Å²) in [4.78, 5) is 89.0. The maximum Gasteiger partial charge on any atom is 0.353 e. The van der Waals surface area contributed by atoms with Crippen molar-refractivity contribution in [2.45, 2.75) is 139 Å². The summed E-state index contributed by atoms with van der Waals surface area (Å²) in [6.45, 7) is 7.94. The van der Waals surface area contributed by atoms with Crippen molar-refractivity contribution in [1.29, 1.82) is 0 Å². The van der Waals surface area contributed by atoms with Crippen LogP contribution < -0.4 is 19.5 Å². The van der Waals surface area contributed by atoms with E-state index in [1.54, 1.807) is 35.2 Å². The Balaban J connectivity index is 0.855. The van der Waals surface area contributed by atoms with E-state index in [4.69, 9.17) is 23.2 Å². The number of ether oxygens (including phenoxy) is 3. The number of amides is 5. The molecular weight excluding hydrogens is 1200 g/mol. The molecule has 5 atom stereocenters. The lowest BCUT2D eigenvalue weighted by Gasteiger charge is -2.38. The smallest absolute Gasteiger partial charge is 0.353 e. The largest absolute Gasteiger partial charge is 0.493 e. The van der Waals surface area contributed by atoms with Crippen molar-refractivity contribution in [3.8, 4) is 17.2 Å². The van der Waals surface area contributed by atoms with Crippen LogP contribution >= 0.6 is 21.6 Å². The van der Waals surface area contributed by atoms with Crippen LogP contribution in [0.2, 0.25) is 0 Å². The van der Waals surface area contributed by atoms with E-state index >= 15 is 0 Å². The molecule has 1 fully saturated rings. The van der Waals surface area contributed by atoms with Crippen molar-refractivity contribution >= 4 is 83.0 Å². The fourth-order valence-electron chi connectivity index (χ4n) is 12.0. The fraction of sp³-hybridized carbons (Fsp3) is 0.429. The predicted octanol–water partition coefficient (Wildman–Crippen LogP) is 8.61. The van der Waals surface area contributed by atoms with Gasteiger partial charge in [0.1, 0.15) is 24.2 Å². The number of imide groups is 1. The summed E-state index contributed by atoms with van der Waals surface area (Å²) in [5, 5.41) is 0.477. The van der Waals surface area contributed by atoms with E-state index in [0.29, 0.717) is 87.2 Å². The Morgan fingerprint density at radius 3 is 1.98 bits per heavy atom. The van der Waals surface area contributed by atoms with E-state index in [-0.39, 0.29) is 75.0 Å². The fourth-order valence-corrected chi connectivity index (χ4v) is 17.0. The van der Waals surface area contributed by atoms with Gasteiger partial charge in [0.2, 0.25) is 5.91 Å². The molecule has 87 heavy (non-hydrogen) atoms. The molecule has 5 heterocycles. The second kappa shape index (κ2) is 26.0. The Hall–Kier alpha value is -6.96. The third-order valence-electron chi connectivity index (χ3n) is 16.8. The van der Waals surface area contributed by atoms with E-state index < -0.39 is 65.2 Å². The number of aryl methyl sites for hydroxylation is 2. The summed E-state index contributed by atoms with van der Waals surface area (Å²) in [6, 6.07) is 27.9. The number of nitrogens with one attached hydrogen (secondary N) is 1. The van der Waals surface area contributed by atoms with Crippen molar-refractivity contribution in [3.63, 3.8) is 0 Å². The van der Waals surface area contributed by atoms with Crippen molar-refractivity contribution in [2.24, 2.45) is 5.92 Å². The number of fused-ring (bicyclic) bond motifs is 6. The van der Waals surface area contributed by atoms with Gasteiger partial charge in [0.15, 0.2) is 16.7 Å². The first kappa shape index (κ1) is 63.1. The first-order valence-electron chi connectivity index (χ1n) is 28.7. The van der Waals surface area contributed by atoms with Crippen LogP contribution in [0, 0.1) is 12.8 Å². The van der Waals surface area contributed by atoms with Crippen LogP contribution in [-0.4, -0.2) is 122 Å². The first-order valence-corrected chi connectivity index (χ1v) is 34.0. The quantitative estimate of drug-likeness (QED) is 0.0295. The molecule has 5 amide bonds. The molecule has 1 N–H and O–H groups in total. The molecule has 5 aromatic rings. The number of hydrogen-bond acceptors (Lipinski definition) is 18. The lowest BCUT2D eigenvalue weighted by Crippen LogP contribution is -2.52. The number of rotatable bonds is 22. The van der Waals surface area contributed by atoms with Gasteiger partial charge in [0.25, 0.3) is 43.9 Å². The third-order valence-corrected chi connectivity index (χ3v) is 23.5. The molecule has 0 aromatic heterocycles. The zero-order valence-electron chi connectivity index (χ0n) is 49.5. The second-order valence-electron chi connectivity index (χ2n) is 23.2. The van der Waals surface area contributed by atoms with Crippen LogP contribution in [-0.2, 0) is 105 Å². The van der Waals surface area contributed by atoms with E-state index in [1.165, 1.54) is 41.2 Å². The van der Waals surface area contributed by atoms with Crippen molar-refractivity contribution < 1.29 is 73.0 Å². The minimum Gasteiger partial charge on any atom is -0.493 e. The maximum absolute atomic E-state index is 14.5. The van der Waals surface area contributed by atoms with Crippen LogP contribution in [0.1, 0.15) is 124 Å². The van der Waals surface area contributed by atoms with E-state index in [0.717, 1.165) is 49.3 Å². The molecule has 3 unspecified atom stereocenters. The molecule has 1 saturated heterocycles. The van der Waals surface area contributed by atoms with Crippen LogP contribution in [0.5, 0.6) is 17.2 Å². The molecule has 24 heteroatoms. The second-order valence-corrected chi connectivity index (χ2v) is 30.2. The standard InChI is InChI=1S/C63H70N4O16S4/c1-37-22-49-46(31-56(87(76,77)80-7)51-28-42-13-9-11-15-45(42)34-66(51)61(49)72)30-52(37)81-35-39-24-40(36-82-54-29-43-16-17-48-27-41-12-8-10-14-44(41)33-65(48)60(71)50(43)32-53(54)78-5)26-47(25-39)64-57(68)18-20-63(3,4)85-84-21-19-55(86(74,75)79-6)62(73)83-67-58(69)23-38(2)59(67)70/h8-15,22,24-26,29-30,32,38,48,51,55-56H,16-21,23,27-28,31,33-36H2,1-7H3,(H,64,68)/t38?,48-,51+,55?,56?/m1/s1.